The van der Waals surface area contributed by atoms with Gasteiger partial charge in [0.1, 0.15) is 0 Å². The lowest BCUT2D eigenvalue weighted by atomic mass is 10.1. The van der Waals surface area contributed by atoms with Crippen LogP contribution in [0.1, 0.15) is 38.8 Å². The number of nitrogens with one attached hydrogen (secondary N) is 1. The van der Waals surface area contributed by atoms with Crippen molar-refractivity contribution in [2.75, 3.05) is 0 Å². The van der Waals surface area contributed by atoms with Gasteiger partial charge in [-0.25, -0.2) is 13.1 Å². The van der Waals surface area contributed by atoms with Crippen LogP contribution in [0.5, 0.6) is 0 Å². The minimum absolute atomic E-state index is 0.195. The summed E-state index contributed by atoms with van der Waals surface area (Å²) in [6.07, 6.45) is 0.702. The Morgan fingerprint density at radius 3 is 2.18 bits per heavy atom. The Kier molecular flexibility index (Phi) is 4.98. The molecule has 5 heteroatoms. The first-order valence-electron chi connectivity index (χ1n) is 5.63. The molecule has 0 spiro atoms. The van der Waals surface area contributed by atoms with Crippen LogP contribution in [0.3, 0.4) is 0 Å². The third kappa shape index (κ3) is 3.98. The summed E-state index contributed by atoms with van der Waals surface area (Å²) in [6, 6.07) is 7.03. The van der Waals surface area contributed by atoms with E-state index in [2.05, 4.69) is 4.72 Å². The Labute approximate surface area is 108 Å². The number of rotatable bonds is 5. The molecule has 17 heavy (non-hydrogen) atoms. The predicted molar refractivity (Wildman–Crippen MR) is 71.7 cm³/mol. The first-order chi connectivity index (χ1) is 7.86. The van der Waals surface area contributed by atoms with Crippen molar-refractivity contribution >= 4 is 21.6 Å². The monoisotopic (exact) mass is 275 g/mol. The van der Waals surface area contributed by atoms with Gasteiger partial charge >= 0.3 is 0 Å². The second-order valence-electron chi connectivity index (χ2n) is 4.22. The number of hydrogen-bond donors (Lipinski definition) is 1. The maximum absolute atomic E-state index is 11.8. The van der Waals surface area contributed by atoms with E-state index in [4.69, 9.17) is 11.6 Å². The zero-order chi connectivity index (χ0) is 13.1. The highest BCUT2D eigenvalue weighted by Crippen LogP contribution is 2.20. The van der Waals surface area contributed by atoms with E-state index >= 15 is 0 Å². The van der Waals surface area contributed by atoms with Crippen molar-refractivity contribution in [1.82, 2.24) is 4.72 Å². The van der Waals surface area contributed by atoms with E-state index < -0.39 is 15.3 Å². The lowest BCUT2D eigenvalue weighted by Crippen LogP contribution is -2.33. The fourth-order valence-electron chi connectivity index (χ4n) is 1.42. The minimum Gasteiger partial charge on any atom is -0.212 e. The van der Waals surface area contributed by atoms with Gasteiger partial charge in [0.2, 0.25) is 10.0 Å². The average Bonchev–Trinajstić information content (AvgIpc) is 2.27. The predicted octanol–water partition coefficient (Wildman–Crippen LogP) is 3.12. The van der Waals surface area contributed by atoms with Crippen molar-refractivity contribution in [2.24, 2.45) is 0 Å². The number of halogens is 1. The van der Waals surface area contributed by atoms with Gasteiger partial charge in [-0.1, -0.05) is 30.7 Å². The standard InChI is InChI=1S/C12H18ClNO2S/c1-4-12(14-17(15,16)9(2)3)10-5-7-11(13)8-6-10/h5-9,12,14H,4H2,1-3H3. The molecule has 1 rings (SSSR count). The Balaban J connectivity index is 2.90. The van der Waals surface area contributed by atoms with Gasteiger partial charge < -0.3 is 0 Å². The molecule has 0 aliphatic carbocycles. The molecule has 0 bridgehead atoms. The van der Waals surface area contributed by atoms with E-state index in [1.807, 2.05) is 19.1 Å². The SMILES string of the molecule is CCC(NS(=O)(=O)C(C)C)c1ccc(Cl)cc1. The lowest BCUT2D eigenvalue weighted by molar-refractivity contribution is 0.542. The molecular formula is C12H18ClNO2S. The highest BCUT2D eigenvalue weighted by atomic mass is 35.5. The summed E-state index contributed by atoms with van der Waals surface area (Å²) in [6.45, 7) is 5.27. The van der Waals surface area contributed by atoms with E-state index in [0.29, 0.717) is 11.4 Å². The molecule has 1 aromatic rings. The molecule has 1 unspecified atom stereocenters. The van der Waals surface area contributed by atoms with E-state index in [-0.39, 0.29) is 6.04 Å². The number of sulfonamides is 1. The summed E-state index contributed by atoms with van der Waals surface area (Å²) in [5.41, 5.74) is 0.932. The molecule has 1 aromatic carbocycles. The van der Waals surface area contributed by atoms with E-state index in [1.54, 1.807) is 26.0 Å². The zero-order valence-corrected chi connectivity index (χ0v) is 11.8. The van der Waals surface area contributed by atoms with E-state index in [9.17, 15) is 8.42 Å². The van der Waals surface area contributed by atoms with Gasteiger partial charge in [-0.05, 0) is 38.0 Å². The maximum Gasteiger partial charge on any atom is 0.214 e. The Morgan fingerprint density at radius 1 is 1.24 bits per heavy atom. The smallest absolute Gasteiger partial charge is 0.212 e. The van der Waals surface area contributed by atoms with E-state index in [1.165, 1.54) is 0 Å². The molecule has 0 radical (unpaired) electrons. The molecule has 96 valence electrons. The first-order valence-corrected chi connectivity index (χ1v) is 7.56. The van der Waals surface area contributed by atoms with Crippen LogP contribution in [0.15, 0.2) is 24.3 Å². The second kappa shape index (κ2) is 5.85. The summed E-state index contributed by atoms with van der Waals surface area (Å²) < 4.78 is 26.3. The molecule has 1 N–H and O–H groups in total. The van der Waals surface area contributed by atoms with Crippen molar-refractivity contribution < 1.29 is 8.42 Å². The van der Waals surface area contributed by atoms with Crippen LogP contribution < -0.4 is 4.72 Å². The summed E-state index contributed by atoms with van der Waals surface area (Å²) in [5.74, 6) is 0. The normalized spacial score (nSPS) is 13.9. The minimum atomic E-state index is -3.25. The van der Waals surface area contributed by atoms with Crippen molar-refractivity contribution in [3.63, 3.8) is 0 Å². The highest BCUT2D eigenvalue weighted by molar-refractivity contribution is 7.90. The molecule has 3 nitrogen and oxygen atoms in total. The Hall–Kier alpha value is -0.580. The van der Waals surface area contributed by atoms with Crippen LogP contribution in [0.4, 0.5) is 0 Å². The van der Waals surface area contributed by atoms with Gasteiger partial charge in [0, 0.05) is 11.1 Å². The molecule has 0 aromatic heterocycles. The fourth-order valence-corrected chi connectivity index (χ4v) is 2.51. The van der Waals surface area contributed by atoms with Crippen LogP contribution in [0, 0.1) is 0 Å². The number of hydrogen-bond acceptors (Lipinski definition) is 2. The summed E-state index contributed by atoms with van der Waals surface area (Å²) in [7, 11) is -3.25. The molecule has 0 amide bonds. The zero-order valence-electron chi connectivity index (χ0n) is 10.3. The average molecular weight is 276 g/mol. The van der Waals surface area contributed by atoms with Gasteiger partial charge in [0.05, 0.1) is 5.25 Å². The second-order valence-corrected chi connectivity index (χ2v) is 6.93. The van der Waals surface area contributed by atoms with Crippen LogP contribution >= 0.6 is 11.6 Å². The van der Waals surface area contributed by atoms with E-state index in [0.717, 1.165) is 5.56 Å². The topological polar surface area (TPSA) is 46.2 Å². The molecule has 0 fully saturated rings. The Morgan fingerprint density at radius 2 is 1.76 bits per heavy atom. The largest absolute Gasteiger partial charge is 0.214 e. The van der Waals surface area contributed by atoms with Crippen LogP contribution in [0.25, 0.3) is 0 Å². The molecule has 0 heterocycles. The van der Waals surface area contributed by atoms with Crippen molar-refractivity contribution in [2.45, 2.75) is 38.5 Å². The molecular weight excluding hydrogens is 258 g/mol. The van der Waals surface area contributed by atoms with Crippen LogP contribution in [-0.2, 0) is 10.0 Å². The molecule has 0 saturated carbocycles. The lowest BCUT2D eigenvalue weighted by Gasteiger charge is -2.19. The van der Waals surface area contributed by atoms with Crippen LogP contribution in [0.2, 0.25) is 5.02 Å². The van der Waals surface area contributed by atoms with Crippen molar-refractivity contribution in [1.29, 1.82) is 0 Å². The van der Waals surface area contributed by atoms with Crippen molar-refractivity contribution in [3.8, 4) is 0 Å². The van der Waals surface area contributed by atoms with Gasteiger partial charge in [-0.15, -0.1) is 0 Å². The van der Waals surface area contributed by atoms with Crippen LogP contribution in [-0.4, -0.2) is 13.7 Å². The first kappa shape index (κ1) is 14.5. The van der Waals surface area contributed by atoms with Gasteiger partial charge in [0.25, 0.3) is 0 Å². The highest BCUT2D eigenvalue weighted by Gasteiger charge is 2.21. The summed E-state index contributed by atoms with van der Waals surface area (Å²) >= 11 is 5.80. The quantitative estimate of drug-likeness (QED) is 0.897. The van der Waals surface area contributed by atoms with Gasteiger partial charge in [0.15, 0.2) is 0 Å². The number of benzene rings is 1. The third-order valence-corrected chi connectivity index (χ3v) is 4.71. The molecule has 1 atom stereocenters. The third-order valence-electron chi connectivity index (χ3n) is 2.61. The van der Waals surface area contributed by atoms with Crippen molar-refractivity contribution in [3.05, 3.63) is 34.9 Å². The molecule has 0 aliphatic heterocycles. The summed E-state index contributed by atoms with van der Waals surface area (Å²) in [4.78, 5) is 0. The Bertz CT molecular complexity index is 454. The molecule has 0 aliphatic rings. The van der Waals surface area contributed by atoms with Gasteiger partial charge in [-0.2, -0.15) is 0 Å². The maximum atomic E-state index is 11.8. The molecule has 0 saturated heterocycles. The van der Waals surface area contributed by atoms with Gasteiger partial charge in [-0.3, -0.25) is 0 Å². The fraction of sp³-hybridized carbons (Fsp3) is 0.500. The summed E-state index contributed by atoms with van der Waals surface area (Å²) in [5, 5.41) is 0.221.